The highest BCUT2D eigenvalue weighted by Gasteiger charge is 2.28. The number of aryl methyl sites for hydroxylation is 1. The fourth-order valence-electron chi connectivity index (χ4n) is 7.10. The van der Waals surface area contributed by atoms with Crippen molar-refractivity contribution in [3.8, 4) is 5.75 Å². The van der Waals surface area contributed by atoms with Gasteiger partial charge in [0.05, 0.1) is 29.7 Å². The van der Waals surface area contributed by atoms with E-state index in [0.717, 1.165) is 58.9 Å². The van der Waals surface area contributed by atoms with Crippen LogP contribution in [0, 0.1) is 5.92 Å². The smallest absolute Gasteiger partial charge is 0.229 e. The Kier molecular flexibility index (Phi) is 10.6. The molecule has 4 aromatic rings. The second-order valence-electron chi connectivity index (χ2n) is 13.6. The quantitative estimate of drug-likeness (QED) is 0.152. The average Bonchev–Trinajstić information content (AvgIpc) is 3.99. The normalized spacial score (nSPS) is 17.8. The van der Waals surface area contributed by atoms with E-state index < -0.39 is 0 Å². The molecule has 4 heterocycles. The minimum atomic E-state index is 0.498. The van der Waals surface area contributed by atoms with E-state index in [-0.39, 0.29) is 0 Å². The lowest BCUT2D eigenvalue weighted by atomic mass is 9.99. The van der Waals surface area contributed by atoms with Crippen molar-refractivity contribution in [3.05, 3.63) is 60.1 Å². The van der Waals surface area contributed by atoms with Crippen LogP contribution in [0.15, 0.2) is 48.9 Å². The van der Waals surface area contributed by atoms with Crippen molar-refractivity contribution < 1.29 is 4.74 Å². The van der Waals surface area contributed by atoms with E-state index in [4.69, 9.17) is 14.7 Å². The Morgan fingerprint density at radius 2 is 1.74 bits per heavy atom. The third-order valence-corrected chi connectivity index (χ3v) is 11.1. The van der Waals surface area contributed by atoms with Crippen LogP contribution in [0.1, 0.15) is 43.7 Å². The van der Waals surface area contributed by atoms with E-state index in [1.807, 2.05) is 25.4 Å². The molecule has 0 radical (unpaired) electrons. The molecule has 2 saturated heterocycles. The third-order valence-electron chi connectivity index (χ3n) is 10.3. The minimum Gasteiger partial charge on any atom is -0.494 e. The lowest BCUT2D eigenvalue weighted by Gasteiger charge is -2.43. The van der Waals surface area contributed by atoms with Crippen LogP contribution in [0.3, 0.4) is 0 Å². The second kappa shape index (κ2) is 15.4. The molecule has 1 aliphatic carbocycles. The lowest BCUT2D eigenvalue weighted by molar-refractivity contribution is 0.0982. The zero-order valence-corrected chi connectivity index (χ0v) is 30.8. The Morgan fingerprint density at radius 3 is 2.46 bits per heavy atom. The Hall–Kier alpha value is -4.13. The molecular weight excluding hydrogens is 645 g/mol. The van der Waals surface area contributed by atoms with Gasteiger partial charge < -0.3 is 29.5 Å². The first-order chi connectivity index (χ1) is 24.4. The van der Waals surface area contributed by atoms with Gasteiger partial charge in [-0.05, 0) is 68.8 Å². The highest BCUT2D eigenvalue weighted by Crippen LogP contribution is 2.39. The molecule has 12 heteroatoms. The standard InChI is InChI=1S/C38H50N10OS/c1-6-27-23-32(34(49-4)24-33(27)48-17-13-29(14-18-48)47-21-19-45(2)20-22-47)43-38-41-25-28(10-9-26-7-8-26)37(44-38)42-31-12-11-30-35(40-16-15-39-30)36(31)46(3)50-5/h9-12,15-16,23-26,29H,6-8,13-14,17-22H2,1-5H3,(H2,41,42,43,44)/b10-9+. The largest absolute Gasteiger partial charge is 0.494 e. The fraction of sp³-hybridized carbons (Fsp3) is 0.474. The summed E-state index contributed by atoms with van der Waals surface area (Å²) in [5, 5.41) is 7.16. The molecule has 2 N–H and O–H groups in total. The number of nitrogens with zero attached hydrogens (tertiary/aromatic N) is 8. The SMILES string of the molecule is CCc1cc(Nc2ncc(/C=C/C3CC3)c(Nc3ccc4nccnc4c3N(C)SC)n2)c(OC)cc1N1CCC(N2CCN(C)CC2)CC1. The van der Waals surface area contributed by atoms with Crippen LogP contribution in [0.2, 0.25) is 0 Å². The third kappa shape index (κ3) is 7.62. The summed E-state index contributed by atoms with van der Waals surface area (Å²) in [6.45, 7) is 9.04. The van der Waals surface area contributed by atoms with E-state index in [9.17, 15) is 0 Å². The number of piperidine rings is 1. The molecule has 50 heavy (non-hydrogen) atoms. The molecule has 7 rings (SSSR count). The molecule has 0 unspecified atom stereocenters. The van der Waals surface area contributed by atoms with Gasteiger partial charge in [0.25, 0.3) is 0 Å². The van der Waals surface area contributed by atoms with Gasteiger partial charge in [0.1, 0.15) is 17.1 Å². The Morgan fingerprint density at radius 1 is 0.960 bits per heavy atom. The number of hydrogen-bond donors (Lipinski definition) is 2. The highest BCUT2D eigenvalue weighted by molar-refractivity contribution is 7.99. The van der Waals surface area contributed by atoms with Crippen molar-refractivity contribution >= 4 is 63.6 Å². The van der Waals surface area contributed by atoms with Gasteiger partial charge >= 0.3 is 0 Å². The van der Waals surface area contributed by atoms with Crippen molar-refractivity contribution in [2.45, 2.75) is 45.1 Å². The zero-order chi connectivity index (χ0) is 34.6. The molecule has 3 aliphatic rings. The van der Waals surface area contributed by atoms with Gasteiger partial charge in [-0.2, -0.15) is 4.98 Å². The predicted molar refractivity (Wildman–Crippen MR) is 208 cm³/mol. The average molecular weight is 695 g/mol. The van der Waals surface area contributed by atoms with Gasteiger partial charge in [-0.3, -0.25) is 14.9 Å². The molecule has 0 amide bonds. The van der Waals surface area contributed by atoms with Crippen LogP contribution in [-0.2, 0) is 6.42 Å². The maximum Gasteiger partial charge on any atom is 0.229 e. The van der Waals surface area contributed by atoms with E-state index in [2.05, 4.69) is 84.1 Å². The first-order valence-electron chi connectivity index (χ1n) is 17.9. The summed E-state index contributed by atoms with van der Waals surface area (Å²) in [6, 6.07) is 9.13. The number of nitrogens with one attached hydrogen (secondary N) is 2. The van der Waals surface area contributed by atoms with Gasteiger partial charge in [-0.15, -0.1) is 0 Å². The summed E-state index contributed by atoms with van der Waals surface area (Å²) >= 11 is 1.62. The Labute approximate surface area is 300 Å². The van der Waals surface area contributed by atoms with Gasteiger partial charge in [0.2, 0.25) is 5.95 Å². The first kappa shape index (κ1) is 34.3. The molecule has 0 atom stereocenters. The topological polar surface area (TPSA) is 97.8 Å². The number of methoxy groups -OCH3 is 1. The highest BCUT2D eigenvalue weighted by atomic mass is 32.2. The maximum absolute atomic E-state index is 5.99. The molecule has 0 spiro atoms. The molecule has 1 saturated carbocycles. The first-order valence-corrected chi connectivity index (χ1v) is 19.1. The Bertz CT molecular complexity index is 1820. The van der Waals surface area contributed by atoms with Crippen LogP contribution in [0.25, 0.3) is 17.1 Å². The predicted octanol–water partition coefficient (Wildman–Crippen LogP) is 6.83. The van der Waals surface area contributed by atoms with Crippen molar-refractivity contribution in [2.24, 2.45) is 5.92 Å². The summed E-state index contributed by atoms with van der Waals surface area (Å²) in [5.41, 5.74) is 7.85. The lowest BCUT2D eigenvalue weighted by Crippen LogP contribution is -2.52. The van der Waals surface area contributed by atoms with Crippen LogP contribution in [-0.4, -0.2) is 103 Å². The number of aromatic nitrogens is 4. The molecule has 0 bridgehead atoms. The van der Waals surface area contributed by atoms with Gasteiger partial charge in [-0.25, -0.2) is 4.98 Å². The number of benzene rings is 2. The van der Waals surface area contributed by atoms with E-state index in [1.165, 1.54) is 63.1 Å². The fourth-order valence-corrected chi connectivity index (χ4v) is 7.47. The Balaban J connectivity index is 1.15. The van der Waals surface area contributed by atoms with Crippen LogP contribution >= 0.6 is 11.9 Å². The number of likely N-dealkylation sites (N-methyl/N-ethyl adjacent to an activating group) is 1. The number of anilines is 6. The van der Waals surface area contributed by atoms with Crippen molar-refractivity contribution in [1.29, 1.82) is 0 Å². The van der Waals surface area contributed by atoms with Gasteiger partial charge in [-0.1, -0.05) is 31.0 Å². The van der Waals surface area contributed by atoms with E-state index >= 15 is 0 Å². The summed E-state index contributed by atoms with van der Waals surface area (Å²) in [6.07, 6.45) is 17.6. The van der Waals surface area contributed by atoms with E-state index in [0.29, 0.717) is 23.7 Å². The minimum absolute atomic E-state index is 0.498. The summed E-state index contributed by atoms with van der Waals surface area (Å²) in [5.74, 6) is 2.62. The van der Waals surface area contributed by atoms with Crippen LogP contribution in [0.4, 0.5) is 34.5 Å². The molecule has 11 nitrogen and oxygen atoms in total. The molecule has 2 aromatic heterocycles. The van der Waals surface area contributed by atoms with Gasteiger partial charge in [0.15, 0.2) is 0 Å². The van der Waals surface area contributed by atoms with Crippen LogP contribution in [0.5, 0.6) is 5.75 Å². The van der Waals surface area contributed by atoms with Gasteiger partial charge in [0, 0.05) is 94.5 Å². The number of piperazine rings is 1. The number of rotatable bonds is 12. The van der Waals surface area contributed by atoms with Crippen molar-refractivity contribution in [1.82, 2.24) is 29.7 Å². The van der Waals surface area contributed by atoms with E-state index in [1.54, 1.807) is 31.5 Å². The monoisotopic (exact) mass is 694 g/mol. The summed E-state index contributed by atoms with van der Waals surface area (Å²) < 4.78 is 8.09. The van der Waals surface area contributed by atoms with Crippen molar-refractivity contribution in [2.75, 3.05) is 86.6 Å². The zero-order valence-electron chi connectivity index (χ0n) is 30.0. The number of ether oxygens (including phenoxy) is 1. The molecule has 3 fully saturated rings. The molecule has 264 valence electrons. The molecule has 2 aromatic carbocycles. The summed E-state index contributed by atoms with van der Waals surface area (Å²) in [4.78, 5) is 26.7. The number of hydrogen-bond acceptors (Lipinski definition) is 12. The molecular formula is C38H50N10OS. The molecule has 2 aliphatic heterocycles. The number of allylic oxidation sites excluding steroid dienone is 1. The maximum atomic E-state index is 5.99. The number of fused-ring (bicyclic) bond motifs is 1. The summed E-state index contributed by atoms with van der Waals surface area (Å²) in [7, 11) is 6.00. The van der Waals surface area contributed by atoms with Crippen molar-refractivity contribution in [3.63, 3.8) is 0 Å². The van der Waals surface area contributed by atoms with Crippen LogP contribution < -0.4 is 24.6 Å². The second-order valence-corrected chi connectivity index (χ2v) is 14.5.